The number of ether oxygens (including phenoxy) is 1. The first-order chi connectivity index (χ1) is 12.5. The Hall–Kier alpha value is -1.38. The Kier molecular flexibility index (Phi) is 6.72. The standard InChI is InChI=1S/C18H32N4O4/c1-19-7-4-15(5-8-19)20-9-11-21(12-10-20)17(23)14-26-13-16-3-2-6-22(16)18(24)25/h15-16H,2-14H2,1H3,(H,24,25). The van der Waals surface area contributed by atoms with Crippen molar-refractivity contribution in [3.63, 3.8) is 0 Å². The maximum atomic E-state index is 12.4. The number of carbonyl (C=O) groups is 2. The molecular weight excluding hydrogens is 336 g/mol. The molecule has 0 spiro atoms. The second-order valence-electron chi connectivity index (χ2n) is 7.74. The number of hydrogen-bond acceptors (Lipinski definition) is 5. The highest BCUT2D eigenvalue weighted by atomic mass is 16.5. The van der Waals surface area contributed by atoms with Gasteiger partial charge in [0.1, 0.15) is 6.61 Å². The van der Waals surface area contributed by atoms with Crippen molar-refractivity contribution in [2.75, 3.05) is 66.1 Å². The van der Waals surface area contributed by atoms with Crippen LogP contribution in [0.15, 0.2) is 0 Å². The topological polar surface area (TPSA) is 76.6 Å². The Balaban J connectivity index is 1.34. The first-order valence-electron chi connectivity index (χ1n) is 9.82. The van der Waals surface area contributed by atoms with Gasteiger partial charge in [0.25, 0.3) is 0 Å². The van der Waals surface area contributed by atoms with Gasteiger partial charge >= 0.3 is 6.09 Å². The van der Waals surface area contributed by atoms with Crippen molar-refractivity contribution >= 4 is 12.0 Å². The first kappa shape index (κ1) is 19.4. The minimum absolute atomic E-state index is 0.0212. The van der Waals surface area contributed by atoms with Crippen molar-refractivity contribution in [2.24, 2.45) is 0 Å². The summed E-state index contributed by atoms with van der Waals surface area (Å²) in [6.45, 7) is 6.66. The van der Waals surface area contributed by atoms with Crippen LogP contribution in [0.25, 0.3) is 0 Å². The molecule has 1 atom stereocenters. The molecule has 3 fully saturated rings. The van der Waals surface area contributed by atoms with Crippen LogP contribution >= 0.6 is 0 Å². The number of rotatable bonds is 5. The van der Waals surface area contributed by atoms with Gasteiger partial charge in [-0.3, -0.25) is 9.69 Å². The number of nitrogens with zero attached hydrogens (tertiary/aromatic N) is 4. The van der Waals surface area contributed by atoms with E-state index >= 15 is 0 Å². The molecule has 26 heavy (non-hydrogen) atoms. The highest BCUT2D eigenvalue weighted by Crippen LogP contribution is 2.19. The molecule has 8 heteroatoms. The monoisotopic (exact) mass is 368 g/mol. The lowest BCUT2D eigenvalue weighted by Crippen LogP contribution is -2.54. The smallest absolute Gasteiger partial charge is 0.407 e. The Labute approximate surface area is 155 Å². The fourth-order valence-corrected chi connectivity index (χ4v) is 4.33. The van der Waals surface area contributed by atoms with Gasteiger partial charge in [0.2, 0.25) is 5.91 Å². The van der Waals surface area contributed by atoms with Crippen molar-refractivity contribution < 1.29 is 19.4 Å². The Morgan fingerprint density at radius 3 is 2.35 bits per heavy atom. The molecule has 0 saturated carbocycles. The molecule has 0 aliphatic carbocycles. The number of carboxylic acid groups (broad SMARTS) is 1. The van der Waals surface area contributed by atoms with Crippen molar-refractivity contribution in [3.05, 3.63) is 0 Å². The van der Waals surface area contributed by atoms with E-state index in [1.54, 1.807) is 0 Å². The lowest BCUT2D eigenvalue weighted by molar-refractivity contribution is -0.138. The summed E-state index contributed by atoms with van der Waals surface area (Å²) in [5, 5.41) is 9.13. The van der Waals surface area contributed by atoms with Crippen LogP contribution in [-0.4, -0.2) is 115 Å². The molecule has 0 aromatic heterocycles. The molecule has 0 aromatic carbocycles. The van der Waals surface area contributed by atoms with Crippen LogP contribution in [0.3, 0.4) is 0 Å². The zero-order chi connectivity index (χ0) is 18.5. The van der Waals surface area contributed by atoms with Crippen molar-refractivity contribution in [2.45, 2.75) is 37.8 Å². The minimum atomic E-state index is -0.896. The molecule has 3 aliphatic rings. The van der Waals surface area contributed by atoms with E-state index in [1.807, 2.05) is 4.90 Å². The van der Waals surface area contributed by atoms with Crippen LogP contribution in [0.4, 0.5) is 4.79 Å². The van der Waals surface area contributed by atoms with Crippen molar-refractivity contribution in [3.8, 4) is 0 Å². The quantitative estimate of drug-likeness (QED) is 0.756. The second-order valence-corrected chi connectivity index (χ2v) is 7.74. The van der Waals surface area contributed by atoms with E-state index in [0.29, 0.717) is 19.2 Å². The predicted octanol–water partition coefficient (Wildman–Crippen LogP) is 0.384. The van der Waals surface area contributed by atoms with Crippen LogP contribution in [-0.2, 0) is 9.53 Å². The molecule has 0 radical (unpaired) electrons. The number of carbonyl (C=O) groups excluding carboxylic acids is 1. The van der Waals surface area contributed by atoms with Gasteiger partial charge in [-0.05, 0) is 45.8 Å². The summed E-state index contributed by atoms with van der Waals surface area (Å²) < 4.78 is 5.55. The third kappa shape index (κ3) is 4.86. The Morgan fingerprint density at radius 2 is 1.69 bits per heavy atom. The Bertz CT molecular complexity index is 488. The number of hydrogen-bond donors (Lipinski definition) is 1. The van der Waals surface area contributed by atoms with Crippen molar-refractivity contribution in [1.29, 1.82) is 0 Å². The lowest BCUT2D eigenvalue weighted by Gasteiger charge is -2.42. The molecule has 3 saturated heterocycles. The third-order valence-electron chi connectivity index (χ3n) is 6.03. The summed E-state index contributed by atoms with van der Waals surface area (Å²) >= 11 is 0. The average Bonchev–Trinajstić information content (AvgIpc) is 3.11. The highest BCUT2D eigenvalue weighted by Gasteiger charge is 2.30. The normalized spacial score (nSPS) is 26.4. The van der Waals surface area contributed by atoms with E-state index in [0.717, 1.165) is 52.1 Å². The summed E-state index contributed by atoms with van der Waals surface area (Å²) in [6.07, 6.45) is 3.22. The molecule has 0 bridgehead atoms. The summed E-state index contributed by atoms with van der Waals surface area (Å²) in [5.74, 6) is 0.0212. The maximum absolute atomic E-state index is 12.4. The van der Waals surface area contributed by atoms with Gasteiger partial charge in [-0.2, -0.15) is 0 Å². The molecule has 148 valence electrons. The largest absolute Gasteiger partial charge is 0.465 e. The molecular formula is C18H32N4O4. The van der Waals surface area contributed by atoms with E-state index in [9.17, 15) is 9.59 Å². The fraction of sp³-hybridized carbons (Fsp3) is 0.889. The summed E-state index contributed by atoms with van der Waals surface area (Å²) in [7, 11) is 2.17. The molecule has 0 aromatic rings. The van der Waals surface area contributed by atoms with E-state index in [1.165, 1.54) is 17.7 Å². The number of piperidine rings is 1. The van der Waals surface area contributed by atoms with E-state index in [2.05, 4.69) is 16.8 Å². The van der Waals surface area contributed by atoms with Gasteiger partial charge in [-0.1, -0.05) is 0 Å². The van der Waals surface area contributed by atoms with Crippen LogP contribution in [0, 0.1) is 0 Å². The summed E-state index contributed by atoms with van der Waals surface area (Å²) in [6, 6.07) is 0.547. The fourth-order valence-electron chi connectivity index (χ4n) is 4.33. The SMILES string of the molecule is CN1CCC(N2CCN(C(=O)COCC3CCCN3C(=O)O)CC2)CC1. The predicted molar refractivity (Wildman–Crippen MR) is 97.2 cm³/mol. The number of likely N-dealkylation sites (tertiary alicyclic amines) is 2. The first-order valence-corrected chi connectivity index (χ1v) is 9.82. The average molecular weight is 368 g/mol. The molecule has 1 N–H and O–H groups in total. The zero-order valence-electron chi connectivity index (χ0n) is 15.8. The second kappa shape index (κ2) is 9.01. The minimum Gasteiger partial charge on any atom is -0.465 e. The van der Waals surface area contributed by atoms with Crippen LogP contribution in [0.1, 0.15) is 25.7 Å². The van der Waals surface area contributed by atoms with E-state index in [4.69, 9.17) is 9.84 Å². The molecule has 1 unspecified atom stereocenters. The molecule has 3 aliphatic heterocycles. The van der Waals surface area contributed by atoms with E-state index < -0.39 is 6.09 Å². The van der Waals surface area contributed by atoms with Gasteiger partial charge in [0.05, 0.1) is 12.6 Å². The highest BCUT2D eigenvalue weighted by molar-refractivity contribution is 5.77. The lowest BCUT2D eigenvalue weighted by atomic mass is 10.0. The molecule has 3 heterocycles. The van der Waals surface area contributed by atoms with Gasteiger partial charge in [-0.25, -0.2) is 4.79 Å². The summed E-state index contributed by atoms with van der Waals surface area (Å²) in [4.78, 5) is 31.7. The van der Waals surface area contributed by atoms with Crippen molar-refractivity contribution in [1.82, 2.24) is 19.6 Å². The van der Waals surface area contributed by atoms with Crippen LogP contribution in [0.5, 0.6) is 0 Å². The maximum Gasteiger partial charge on any atom is 0.407 e. The molecule has 3 rings (SSSR count). The van der Waals surface area contributed by atoms with Gasteiger partial charge in [0, 0.05) is 38.8 Å². The number of amides is 2. The Morgan fingerprint density at radius 1 is 1.00 bits per heavy atom. The van der Waals surface area contributed by atoms with Gasteiger partial charge in [-0.15, -0.1) is 0 Å². The van der Waals surface area contributed by atoms with Crippen LogP contribution < -0.4 is 0 Å². The zero-order valence-corrected chi connectivity index (χ0v) is 15.8. The van der Waals surface area contributed by atoms with Gasteiger partial charge in [0.15, 0.2) is 0 Å². The molecule has 2 amide bonds. The molecule has 8 nitrogen and oxygen atoms in total. The van der Waals surface area contributed by atoms with Gasteiger partial charge < -0.3 is 24.5 Å². The van der Waals surface area contributed by atoms with E-state index in [-0.39, 0.29) is 18.6 Å². The summed E-state index contributed by atoms with van der Waals surface area (Å²) in [5.41, 5.74) is 0. The van der Waals surface area contributed by atoms with Crippen LogP contribution in [0.2, 0.25) is 0 Å². The third-order valence-corrected chi connectivity index (χ3v) is 6.03. The number of piperazine rings is 1.